The third kappa shape index (κ3) is 15.6. The molecule has 6 heteroatoms. The molecule has 0 aliphatic rings. The molecule has 0 amide bonds. The predicted octanol–water partition coefficient (Wildman–Crippen LogP) is 2.87. The second kappa shape index (κ2) is 18.0. The van der Waals surface area contributed by atoms with Gasteiger partial charge in [0.15, 0.2) is 5.96 Å². The highest BCUT2D eigenvalue weighted by Crippen LogP contribution is 2.04. The number of hydrogen-bond donors (Lipinski definition) is 2. The molecular formula is C18H37N3O3. The van der Waals surface area contributed by atoms with E-state index in [-0.39, 0.29) is 5.97 Å². The van der Waals surface area contributed by atoms with E-state index < -0.39 is 0 Å². The Kier molecular flexibility index (Phi) is 17.1. The van der Waals surface area contributed by atoms with Crippen molar-refractivity contribution in [2.75, 3.05) is 39.5 Å². The lowest BCUT2D eigenvalue weighted by Gasteiger charge is -2.11. The standard InChI is InChI=1S/C18H37N3O3/c1-4-19-18(21-15-11-12-16-23-5-2)20-14-10-8-7-9-13-17(22)24-6-3/h4-16H2,1-3H3,(H2,19,20,21). The maximum Gasteiger partial charge on any atom is 0.305 e. The Balaban J connectivity index is 3.66. The molecule has 0 saturated heterocycles. The van der Waals surface area contributed by atoms with Gasteiger partial charge in [0.05, 0.1) is 6.61 Å². The Bertz CT molecular complexity index is 323. The molecule has 6 nitrogen and oxygen atoms in total. The normalized spacial score (nSPS) is 11.4. The van der Waals surface area contributed by atoms with Gasteiger partial charge >= 0.3 is 5.97 Å². The number of hydrogen-bond acceptors (Lipinski definition) is 4. The summed E-state index contributed by atoms with van der Waals surface area (Å²) >= 11 is 0. The van der Waals surface area contributed by atoms with Crippen LogP contribution in [0.15, 0.2) is 4.99 Å². The fourth-order valence-electron chi connectivity index (χ4n) is 2.18. The zero-order valence-corrected chi connectivity index (χ0v) is 15.9. The van der Waals surface area contributed by atoms with Crippen molar-refractivity contribution in [1.82, 2.24) is 10.6 Å². The van der Waals surface area contributed by atoms with Gasteiger partial charge in [-0.05, 0) is 46.5 Å². The Morgan fingerprint density at radius 2 is 1.71 bits per heavy atom. The van der Waals surface area contributed by atoms with Gasteiger partial charge in [-0.15, -0.1) is 0 Å². The molecule has 0 aromatic rings. The Morgan fingerprint density at radius 1 is 0.917 bits per heavy atom. The van der Waals surface area contributed by atoms with Gasteiger partial charge in [0.25, 0.3) is 0 Å². The highest BCUT2D eigenvalue weighted by Gasteiger charge is 2.01. The Labute approximate surface area is 147 Å². The minimum absolute atomic E-state index is 0.0847. The summed E-state index contributed by atoms with van der Waals surface area (Å²) in [6.45, 7) is 10.6. The minimum Gasteiger partial charge on any atom is -0.466 e. The van der Waals surface area contributed by atoms with Crippen LogP contribution in [0, 0.1) is 0 Å². The topological polar surface area (TPSA) is 72.0 Å². The first kappa shape index (κ1) is 22.7. The third-order valence-corrected chi connectivity index (χ3v) is 3.42. The molecule has 0 unspecified atom stereocenters. The average Bonchev–Trinajstić information content (AvgIpc) is 2.57. The molecule has 0 radical (unpaired) electrons. The lowest BCUT2D eigenvalue weighted by Crippen LogP contribution is -2.37. The molecule has 0 rings (SSSR count). The second-order valence-corrected chi connectivity index (χ2v) is 5.56. The molecule has 0 aromatic carbocycles. The molecule has 0 bridgehead atoms. The second-order valence-electron chi connectivity index (χ2n) is 5.56. The molecule has 2 N–H and O–H groups in total. The number of guanidine groups is 1. The summed E-state index contributed by atoms with van der Waals surface area (Å²) in [5.41, 5.74) is 0. The third-order valence-electron chi connectivity index (χ3n) is 3.42. The summed E-state index contributed by atoms with van der Waals surface area (Å²) in [6.07, 6.45) is 6.78. The number of carbonyl (C=O) groups is 1. The predicted molar refractivity (Wildman–Crippen MR) is 99.4 cm³/mol. The van der Waals surface area contributed by atoms with Crippen LogP contribution in [0.5, 0.6) is 0 Å². The van der Waals surface area contributed by atoms with Crippen molar-refractivity contribution in [2.45, 2.75) is 65.7 Å². The van der Waals surface area contributed by atoms with E-state index in [1.54, 1.807) is 0 Å². The number of aliphatic imine (C=N–C) groups is 1. The van der Waals surface area contributed by atoms with E-state index in [1.807, 2.05) is 13.8 Å². The largest absolute Gasteiger partial charge is 0.466 e. The van der Waals surface area contributed by atoms with Gasteiger partial charge in [0.2, 0.25) is 0 Å². The molecule has 24 heavy (non-hydrogen) atoms. The molecule has 142 valence electrons. The van der Waals surface area contributed by atoms with E-state index in [9.17, 15) is 4.79 Å². The van der Waals surface area contributed by atoms with Crippen molar-refractivity contribution in [2.24, 2.45) is 4.99 Å². The van der Waals surface area contributed by atoms with Crippen molar-refractivity contribution < 1.29 is 14.3 Å². The number of carbonyl (C=O) groups excluding carboxylic acids is 1. The van der Waals surface area contributed by atoms with Crippen LogP contribution in [-0.4, -0.2) is 51.4 Å². The molecule has 0 aliphatic heterocycles. The van der Waals surface area contributed by atoms with Crippen molar-refractivity contribution in [3.8, 4) is 0 Å². The molecule has 0 aromatic heterocycles. The SMILES string of the molecule is CCNC(=NCCCCCCC(=O)OCC)NCCCCOCC. The van der Waals surface area contributed by atoms with Gasteiger partial charge in [-0.2, -0.15) is 0 Å². The summed E-state index contributed by atoms with van der Waals surface area (Å²) in [5.74, 6) is 0.805. The lowest BCUT2D eigenvalue weighted by atomic mass is 10.1. The lowest BCUT2D eigenvalue weighted by molar-refractivity contribution is -0.143. The van der Waals surface area contributed by atoms with Gasteiger partial charge in [0, 0.05) is 39.3 Å². The van der Waals surface area contributed by atoms with E-state index in [0.717, 1.165) is 77.3 Å². The maximum absolute atomic E-state index is 11.2. The summed E-state index contributed by atoms with van der Waals surface area (Å²) in [5, 5.41) is 6.61. The first-order valence-corrected chi connectivity index (χ1v) is 9.50. The van der Waals surface area contributed by atoms with Crippen LogP contribution < -0.4 is 10.6 Å². The molecule has 0 atom stereocenters. The van der Waals surface area contributed by atoms with Crippen LogP contribution in [0.1, 0.15) is 65.7 Å². The Morgan fingerprint density at radius 3 is 2.42 bits per heavy atom. The van der Waals surface area contributed by atoms with Crippen molar-refractivity contribution in [1.29, 1.82) is 0 Å². The molecule has 0 aliphatic carbocycles. The molecule has 0 heterocycles. The number of unbranched alkanes of at least 4 members (excludes halogenated alkanes) is 4. The molecule has 0 spiro atoms. The number of ether oxygens (including phenoxy) is 2. The molecule has 0 saturated carbocycles. The van der Waals surface area contributed by atoms with Crippen molar-refractivity contribution >= 4 is 11.9 Å². The van der Waals surface area contributed by atoms with Crippen LogP contribution in [0.25, 0.3) is 0 Å². The van der Waals surface area contributed by atoms with Crippen LogP contribution >= 0.6 is 0 Å². The summed E-state index contributed by atoms with van der Waals surface area (Å²) in [4.78, 5) is 15.8. The number of rotatable bonds is 15. The van der Waals surface area contributed by atoms with E-state index in [0.29, 0.717) is 13.0 Å². The van der Waals surface area contributed by atoms with Crippen LogP contribution in [-0.2, 0) is 14.3 Å². The van der Waals surface area contributed by atoms with Gasteiger partial charge in [-0.25, -0.2) is 0 Å². The van der Waals surface area contributed by atoms with Crippen LogP contribution in [0.3, 0.4) is 0 Å². The van der Waals surface area contributed by atoms with E-state index >= 15 is 0 Å². The monoisotopic (exact) mass is 343 g/mol. The average molecular weight is 344 g/mol. The van der Waals surface area contributed by atoms with E-state index in [2.05, 4.69) is 22.5 Å². The number of nitrogens with one attached hydrogen (secondary N) is 2. The van der Waals surface area contributed by atoms with Gasteiger partial charge < -0.3 is 20.1 Å². The first-order valence-electron chi connectivity index (χ1n) is 9.50. The molecule has 0 fully saturated rings. The van der Waals surface area contributed by atoms with E-state index in [4.69, 9.17) is 9.47 Å². The highest BCUT2D eigenvalue weighted by atomic mass is 16.5. The number of nitrogens with zero attached hydrogens (tertiary/aromatic N) is 1. The fourth-order valence-corrected chi connectivity index (χ4v) is 2.18. The first-order chi connectivity index (χ1) is 11.7. The summed E-state index contributed by atoms with van der Waals surface area (Å²) in [7, 11) is 0. The van der Waals surface area contributed by atoms with Crippen LogP contribution in [0.2, 0.25) is 0 Å². The molecular weight excluding hydrogens is 306 g/mol. The zero-order valence-electron chi connectivity index (χ0n) is 15.9. The maximum atomic E-state index is 11.2. The van der Waals surface area contributed by atoms with Gasteiger partial charge in [0.1, 0.15) is 0 Å². The smallest absolute Gasteiger partial charge is 0.305 e. The zero-order chi connectivity index (χ0) is 17.9. The van der Waals surface area contributed by atoms with Gasteiger partial charge in [-0.1, -0.05) is 12.8 Å². The van der Waals surface area contributed by atoms with Crippen molar-refractivity contribution in [3.05, 3.63) is 0 Å². The summed E-state index contributed by atoms with van der Waals surface area (Å²) < 4.78 is 10.2. The fraction of sp³-hybridized carbons (Fsp3) is 0.889. The quantitative estimate of drug-likeness (QED) is 0.207. The van der Waals surface area contributed by atoms with E-state index in [1.165, 1.54) is 0 Å². The van der Waals surface area contributed by atoms with Crippen LogP contribution in [0.4, 0.5) is 0 Å². The van der Waals surface area contributed by atoms with Gasteiger partial charge in [-0.3, -0.25) is 9.79 Å². The number of esters is 1. The highest BCUT2D eigenvalue weighted by molar-refractivity contribution is 5.79. The minimum atomic E-state index is -0.0847. The van der Waals surface area contributed by atoms with Crippen molar-refractivity contribution in [3.63, 3.8) is 0 Å². The Hall–Kier alpha value is -1.30. The summed E-state index contributed by atoms with van der Waals surface area (Å²) in [6, 6.07) is 0.